The Morgan fingerprint density at radius 3 is 2.41 bits per heavy atom. The Morgan fingerprint density at radius 1 is 1.09 bits per heavy atom. The molecule has 112 valence electrons. The van der Waals surface area contributed by atoms with E-state index in [9.17, 15) is 14.5 Å². The number of esters is 1. The molecule has 0 bridgehead atoms. The van der Waals surface area contributed by atoms with Crippen LogP contribution in [0.2, 0.25) is 0 Å². The van der Waals surface area contributed by atoms with Gasteiger partial charge in [-0.25, -0.2) is 4.79 Å². The van der Waals surface area contributed by atoms with Crippen molar-refractivity contribution in [2.45, 2.75) is 6.92 Å². The molecule has 0 aliphatic rings. The molecule has 22 heavy (non-hydrogen) atoms. The van der Waals surface area contributed by atoms with E-state index in [-0.39, 0.29) is 17.9 Å². The van der Waals surface area contributed by atoms with Gasteiger partial charge in [-0.15, -0.1) is 4.91 Å². The van der Waals surface area contributed by atoms with Crippen molar-refractivity contribution < 1.29 is 14.3 Å². The normalized spacial score (nSPS) is 9.86. The number of rotatable bonds is 5. The van der Waals surface area contributed by atoms with Gasteiger partial charge in [-0.2, -0.15) is 0 Å². The van der Waals surface area contributed by atoms with Crippen molar-refractivity contribution in [2.75, 3.05) is 11.9 Å². The first-order valence-electron chi connectivity index (χ1n) is 6.66. The van der Waals surface area contributed by atoms with Crippen LogP contribution < -0.4 is 5.32 Å². The molecule has 6 nitrogen and oxygen atoms in total. The van der Waals surface area contributed by atoms with E-state index in [1.54, 1.807) is 31.2 Å². The zero-order chi connectivity index (χ0) is 15.9. The Hall–Kier alpha value is -3.02. The number of nitrogens with zero attached hydrogens (tertiary/aromatic N) is 1. The van der Waals surface area contributed by atoms with E-state index in [4.69, 9.17) is 4.74 Å². The van der Waals surface area contributed by atoms with Crippen molar-refractivity contribution in [1.82, 2.24) is 0 Å². The summed E-state index contributed by atoms with van der Waals surface area (Å²) in [5, 5.41) is 5.42. The van der Waals surface area contributed by atoms with Gasteiger partial charge in [0, 0.05) is 5.56 Å². The monoisotopic (exact) mass is 298 g/mol. The van der Waals surface area contributed by atoms with Crippen LogP contribution in [0.25, 0.3) is 0 Å². The second kappa shape index (κ2) is 7.12. The molecule has 1 amide bonds. The summed E-state index contributed by atoms with van der Waals surface area (Å²) in [7, 11) is 0. The lowest BCUT2D eigenvalue weighted by Gasteiger charge is -2.10. The molecular weight excluding hydrogens is 284 g/mol. The molecule has 0 aliphatic carbocycles. The SMILES string of the molecule is CCOC(=O)c1ccccc1NC(=O)c1ccc(N=O)cc1. The lowest BCUT2D eigenvalue weighted by Crippen LogP contribution is -2.15. The van der Waals surface area contributed by atoms with Gasteiger partial charge >= 0.3 is 5.97 Å². The standard InChI is InChI=1S/C16H14N2O4/c1-2-22-16(20)13-5-3-4-6-14(13)17-15(19)11-7-9-12(18-21)10-8-11/h3-10H,2H2,1H3,(H,17,19). The molecule has 0 aromatic heterocycles. The third kappa shape index (κ3) is 3.54. The molecule has 2 aromatic rings. The number of carbonyl (C=O) groups is 2. The molecule has 0 radical (unpaired) electrons. The molecule has 2 aromatic carbocycles. The topological polar surface area (TPSA) is 84.8 Å². The van der Waals surface area contributed by atoms with Crippen LogP contribution in [0.3, 0.4) is 0 Å². The van der Waals surface area contributed by atoms with Gasteiger partial charge in [0.05, 0.1) is 17.9 Å². The fraction of sp³-hybridized carbons (Fsp3) is 0.125. The highest BCUT2D eigenvalue weighted by Gasteiger charge is 2.14. The van der Waals surface area contributed by atoms with Gasteiger partial charge in [-0.3, -0.25) is 4.79 Å². The Balaban J connectivity index is 2.20. The molecule has 0 unspecified atom stereocenters. The van der Waals surface area contributed by atoms with Gasteiger partial charge in [0.25, 0.3) is 5.91 Å². The predicted molar refractivity (Wildman–Crippen MR) is 82.2 cm³/mol. The maximum atomic E-state index is 12.2. The molecule has 1 N–H and O–H groups in total. The summed E-state index contributed by atoms with van der Waals surface area (Å²) < 4.78 is 4.95. The highest BCUT2D eigenvalue weighted by molar-refractivity contribution is 6.08. The van der Waals surface area contributed by atoms with E-state index >= 15 is 0 Å². The zero-order valence-electron chi connectivity index (χ0n) is 11.9. The summed E-state index contributed by atoms with van der Waals surface area (Å²) in [6, 6.07) is 12.4. The van der Waals surface area contributed by atoms with Crippen LogP contribution in [0, 0.1) is 4.91 Å². The van der Waals surface area contributed by atoms with Gasteiger partial charge in [0.1, 0.15) is 5.69 Å². The number of hydrogen-bond donors (Lipinski definition) is 1. The molecule has 0 spiro atoms. The summed E-state index contributed by atoms with van der Waals surface area (Å²) in [4.78, 5) is 34.4. The van der Waals surface area contributed by atoms with Crippen LogP contribution in [0.4, 0.5) is 11.4 Å². The molecule has 0 atom stereocenters. The van der Waals surface area contributed by atoms with E-state index in [1.165, 1.54) is 24.3 Å². The lowest BCUT2D eigenvalue weighted by atomic mass is 10.1. The van der Waals surface area contributed by atoms with E-state index < -0.39 is 11.9 Å². The second-order valence-corrected chi connectivity index (χ2v) is 4.36. The minimum Gasteiger partial charge on any atom is -0.462 e. The number of carbonyl (C=O) groups excluding carboxylic acids is 2. The van der Waals surface area contributed by atoms with Crippen molar-refractivity contribution >= 4 is 23.3 Å². The fourth-order valence-electron chi connectivity index (χ4n) is 1.85. The first kappa shape index (κ1) is 15.4. The molecule has 6 heteroatoms. The molecule has 0 saturated carbocycles. The summed E-state index contributed by atoms with van der Waals surface area (Å²) in [5.74, 6) is -0.895. The smallest absolute Gasteiger partial charge is 0.340 e. The van der Waals surface area contributed by atoms with Gasteiger partial charge in [0.15, 0.2) is 0 Å². The van der Waals surface area contributed by atoms with E-state index in [2.05, 4.69) is 10.5 Å². The van der Waals surface area contributed by atoms with Crippen molar-refractivity contribution in [1.29, 1.82) is 0 Å². The number of amides is 1. The van der Waals surface area contributed by atoms with Gasteiger partial charge in [-0.1, -0.05) is 12.1 Å². The minimum absolute atomic E-state index is 0.239. The Bertz CT molecular complexity index is 696. The van der Waals surface area contributed by atoms with Crippen molar-refractivity contribution in [3.05, 3.63) is 64.6 Å². The molecule has 0 fully saturated rings. The number of hydrogen-bond acceptors (Lipinski definition) is 5. The van der Waals surface area contributed by atoms with Crippen molar-refractivity contribution in [3.8, 4) is 0 Å². The molecule has 0 saturated heterocycles. The Labute approximate surface area is 127 Å². The molecular formula is C16H14N2O4. The van der Waals surface area contributed by atoms with Crippen molar-refractivity contribution in [2.24, 2.45) is 5.18 Å². The maximum absolute atomic E-state index is 12.2. The molecule has 2 rings (SSSR count). The van der Waals surface area contributed by atoms with Gasteiger partial charge < -0.3 is 10.1 Å². The summed E-state index contributed by atoms with van der Waals surface area (Å²) in [6.07, 6.45) is 0. The minimum atomic E-state index is -0.501. The maximum Gasteiger partial charge on any atom is 0.340 e. The lowest BCUT2D eigenvalue weighted by molar-refractivity contribution is 0.0527. The average molecular weight is 298 g/mol. The Morgan fingerprint density at radius 2 is 1.77 bits per heavy atom. The van der Waals surface area contributed by atoms with Crippen LogP contribution in [0.5, 0.6) is 0 Å². The first-order valence-corrected chi connectivity index (χ1v) is 6.66. The highest BCUT2D eigenvalue weighted by Crippen LogP contribution is 2.18. The Kier molecular flexibility index (Phi) is 4.98. The second-order valence-electron chi connectivity index (χ2n) is 4.36. The largest absolute Gasteiger partial charge is 0.462 e. The molecule has 0 heterocycles. The predicted octanol–water partition coefficient (Wildman–Crippen LogP) is 3.51. The number of nitroso groups, excluding NO2 is 1. The summed E-state index contributed by atoms with van der Waals surface area (Å²) >= 11 is 0. The number of nitrogens with one attached hydrogen (secondary N) is 1. The number of ether oxygens (including phenoxy) is 1. The van der Waals surface area contributed by atoms with Crippen LogP contribution in [-0.4, -0.2) is 18.5 Å². The average Bonchev–Trinajstić information content (AvgIpc) is 2.55. The summed E-state index contributed by atoms with van der Waals surface area (Å²) in [6.45, 7) is 1.96. The van der Waals surface area contributed by atoms with Crippen LogP contribution in [0.15, 0.2) is 53.7 Å². The van der Waals surface area contributed by atoms with Crippen LogP contribution >= 0.6 is 0 Å². The molecule has 0 aliphatic heterocycles. The quantitative estimate of drug-likeness (QED) is 0.676. The first-order chi connectivity index (χ1) is 10.7. The highest BCUT2D eigenvalue weighted by atomic mass is 16.5. The van der Waals surface area contributed by atoms with E-state index in [0.717, 1.165) is 0 Å². The number of benzene rings is 2. The number of anilines is 1. The third-order valence-electron chi connectivity index (χ3n) is 2.91. The van der Waals surface area contributed by atoms with Crippen molar-refractivity contribution in [3.63, 3.8) is 0 Å². The van der Waals surface area contributed by atoms with Gasteiger partial charge in [0.2, 0.25) is 0 Å². The summed E-state index contributed by atoms with van der Waals surface area (Å²) in [5.41, 5.74) is 1.24. The number of para-hydroxylation sites is 1. The van der Waals surface area contributed by atoms with E-state index in [1.807, 2.05) is 0 Å². The fourth-order valence-corrected chi connectivity index (χ4v) is 1.85. The van der Waals surface area contributed by atoms with Gasteiger partial charge in [-0.05, 0) is 48.5 Å². The van der Waals surface area contributed by atoms with Crippen LogP contribution in [-0.2, 0) is 4.74 Å². The van der Waals surface area contributed by atoms with Crippen LogP contribution in [0.1, 0.15) is 27.6 Å². The van der Waals surface area contributed by atoms with E-state index in [0.29, 0.717) is 11.3 Å². The third-order valence-corrected chi connectivity index (χ3v) is 2.91. The zero-order valence-corrected chi connectivity index (χ0v) is 11.9.